The van der Waals surface area contributed by atoms with Gasteiger partial charge in [0.15, 0.2) is 5.72 Å². The van der Waals surface area contributed by atoms with Gasteiger partial charge in [-0.2, -0.15) is 12.6 Å². The molecule has 7 atom stereocenters. The number of rotatable bonds is 7. The van der Waals surface area contributed by atoms with Gasteiger partial charge in [0.2, 0.25) is 11.8 Å². The Hall–Kier alpha value is -3.26. The van der Waals surface area contributed by atoms with Crippen molar-refractivity contribution in [1.29, 1.82) is 0 Å². The zero-order chi connectivity index (χ0) is 38.4. The molecule has 1 unspecified atom stereocenters. The molecule has 0 aliphatic carbocycles. The molecule has 12 nitrogen and oxygen atoms in total. The van der Waals surface area contributed by atoms with E-state index in [0.717, 1.165) is 11.1 Å². The lowest BCUT2D eigenvalue weighted by Crippen LogP contribution is -2.63. The number of nitrogens with one attached hydrogen (secondary N) is 1. The van der Waals surface area contributed by atoms with E-state index < -0.39 is 53.5 Å². The second kappa shape index (κ2) is 17.5. The molecular formula is C37H54ClN3O9S. The van der Waals surface area contributed by atoms with Gasteiger partial charge in [-0.25, -0.2) is 9.59 Å². The predicted molar refractivity (Wildman–Crippen MR) is 199 cm³/mol. The zero-order valence-electron chi connectivity index (χ0n) is 31.3. The lowest BCUT2D eigenvalue weighted by Gasteiger charge is -2.47. The molecule has 284 valence electrons. The Balaban J connectivity index is 2.18. The molecule has 0 saturated carbocycles. The van der Waals surface area contributed by atoms with Crippen LogP contribution in [0.1, 0.15) is 66.4 Å². The summed E-state index contributed by atoms with van der Waals surface area (Å²) < 4.78 is 23.2. The minimum absolute atomic E-state index is 0.00277. The third-order valence-corrected chi connectivity index (χ3v) is 11.2. The number of nitrogens with zero attached hydrogens (tertiary/aromatic N) is 2. The van der Waals surface area contributed by atoms with Gasteiger partial charge in [-0.1, -0.05) is 63.1 Å². The number of fused-ring (bicyclic) bond motifs is 4. The van der Waals surface area contributed by atoms with Gasteiger partial charge in [-0.3, -0.25) is 14.9 Å². The lowest BCUT2D eigenvalue weighted by molar-refractivity contribution is -0.170. The van der Waals surface area contributed by atoms with Gasteiger partial charge in [0.05, 0.1) is 19.2 Å². The number of anilines is 1. The fraction of sp³-hybridized carbons (Fsp3) is 0.622. The Morgan fingerprint density at radius 2 is 1.90 bits per heavy atom. The third-order valence-electron chi connectivity index (χ3n) is 10.6. The highest BCUT2D eigenvalue weighted by Crippen LogP contribution is 2.44. The van der Waals surface area contributed by atoms with Gasteiger partial charge in [-0.05, 0) is 55.6 Å². The van der Waals surface area contributed by atoms with Crippen molar-refractivity contribution in [2.24, 2.45) is 17.3 Å². The lowest BCUT2D eigenvalue weighted by atomic mass is 9.66. The standard InChI is InChI=1S/C37H54ClN3O9S/c1-21-12-11-13-29(48-10)37(46)20-28(49-35(45)39-37)22(2)23(3)36(5,6)30(50-34(44)24(4)40(7)31(42)14-15-51)19-32(43)41(8)26-17-25(16-21)18-27(47-9)33(26)38/h11-13,17-18,22-24,28-30,46,51H,14-16,19-20H2,1-10H3,(H,39,45)/b13-11+,21-12+/t22?,23-,24-,28-,29+,30-,37-/m0/s1. The second-order valence-electron chi connectivity index (χ2n) is 14.3. The molecule has 2 heterocycles. The summed E-state index contributed by atoms with van der Waals surface area (Å²) in [7, 11) is 6.07. The van der Waals surface area contributed by atoms with E-state index in [1.807, 2.05) is 46.8 Å². The van der Waals surface area contributed by atoms with Crippen LogP contribution in [0.5, 0.6) is 5.75 Å². The molecule has 0 aromatic heterocycles. The van der Waals surface area contributed by atoms with Gasteiger partial charge < -0.3 is 33.9 Å². The van der Waals surface area contributed by atoms with Crippen LogP contribution in [-0.4, -0.2) is 98.0 Å². The maximum atomic E-state index is 14.2. The Morgan fingerprint density at radius 3 is 2.51 bits per heavy atom. The molecule has 14 heteroatoms. The molecule has 51 heavy (non-hydrogen) atoms. The maximum absolute atomic E-state index is 14.2. The van der Waals surface area contributed by atoms with Crippen LogP contribution in [0.25, 0.3) is 0 Å². The average Bonchev–Trinajstić information content (AvgIpc) is 3.07. The number of methoxy groups -OCH3 is 2. The minimum Gasteiger partial charge on any atom is -0.495 e. The number of likely N-dealkylation sites (N-methyl/N-ethyl adjacent to an activating group) is 1. The summed E-state index contributed by atoms with van der Waals surface area (Å²) in [5, 5.41) is 14.6. The summed E-state index contributed by atoms with van der Waals surface area (Å²) in [6.07, 6.45) is 2.19. The van der Waals surface area contributed by atoms with Crippen LogP contribution < -0.4 is 15.0 Å². The topological polar surface area (TPSA) is 144 Å². The quantitative estimate of drug-likeness (QED) is 0.249. The molecular weight excluding hydrogens is 698 g/mol. The molecule has 2 N–H and O–H groups in total. The van der Waals surface area contributed by atoms with Crippen LogP contribution in [-0.2, 0) is 35.0 Å². The normalized spacial score (nSPS) is 29.5. The Kier molecular flexibility index (Phi) is 14.5. The Morgan fingerprint density at radius 1 is 1.24 bits per heavy atom. The number of thiol groups is 1. The molecule has 1 aromatic carbocycles. The summed E-state index contributed by atoms with van der Waals surface area (Å²) in [5.41, 5.74) is -0.535. The fourth-order valence-corrected chi connectivity index (χ4v) is 7.06. The second-order valence-corrected chi connectivity index (χ2v) is 15.1. The molecule has 2 aliphatic heterocycles. The summed E-state index contributed by atoms with van der Waals surface area (Å²) in [5.74, 6) is -1.39. The third kappa shape index (κ3) is 9.79. The van der Waals surface area contributed by atoms with Crippen molar-refractivity contribution in [3.8, 4) is 5.75 Å². The van der Waals surface area contributed by atoms with E-state index in [1.54, 1.807) is 32.2 Å². The first-order valence-corrected chi connectivity index (χ1v) is 18.1. The van der Waals surface area contributed by atoms with Gasteiger partial charge >= 0.3 is 12.1 Å². The first kappa shape index (κ1) is 42.2. The van der Waals surface area contributed by atoms with Crippen molar-refractivity contribution in [3.05, 3.63) is 46.5 Å². The number of esters is 1. The molecule has 0 spiro atoms. The summed E-state index contributed by atoms with van der Waals surface area (Å²) in [6, 6.07) is 2.67. The first-order chi connectivity index (χ1) is 23.8. The number of ether oxygens (including phenoxy) is 4. The molecule has 1 aromatic rings. The minimum atomic E-state index is -1.80. The maximum Gasteiger partial charge on any atom is 0.409 e. The number of carbonyl (C=O) groups excluding carboxylic acids is 4. The van der Waals surface area contributed by atoms with E-state index in [-0.39, 0.29) is 42.0 Å². The molecule has 1 saturated heterocycles. The molecule has 3 amide bonds. The summed E-state index contributed by atoms with van der Waals surface area (Å²) in [6.45, 7) is 11.1. The predicted octanol–water partition coefficient (Wildman–Crippen LogP) is 5.34. The van der Waals surface area contributed by atoms with Crippen molar-refractivity contribution < 1.29 is 43.2 Å². The molecule has 0 radical (unpaired) electrons. The van der Waals surface area contributed by atoms with Crippen LogP contribution in [0.4, 0.5) is 10.5 Å². The Labute approximate surface area is 312 Å². The number of amides is 3. The van der Waals surface area contributed by atoms with E-state index in [9.17, 15) is 24.3 Å². The number of benzene rings is 1. The number of halogens is 1. The van der Waals surface area contributed by atoms with Gasteiger partial charge in [0.25, 0.3) is 0 Å². The van der Waals surface area contributed by atoms with E-state index in [0.29, 0.717) is 23.6 Å². The molecule has 3 rings (SSSR count). The molecule has 1 fully saturated rings. The largest absolute Gasteiger partial charge is 0.495 e. The van der Waals surface area contributed by atoms with E-state index >= 15 is 0 Å². The summed E-state index contributed by atoms with van der Waals surface area (Å²) in [4.78, 5) is 56.1. The number of hydrogen-bond donors (Lipinski definition) is 3. The van der Waals surface area contributed by atoms with Gasteiger partial charge in [-0.15, -0.1) is 0 Å². The number of alkyl carbamates (subject to hydrolysis) is 1. The van der Waals surface area contributed by atoms with Crippen molar-refractivity contribution in [2.75, 3.05) is 39.0 Å². The van der Waals surface area contributed by atoms with Crippen molar-refractivity contribution in [3.63, 3.8) is 0 Å². The SMILES string of the molecule is COc1cc2cc(c1Cl)N(C)C(=O)C[C@H](OC(=O)[C@H](C)N(C)C(=O)CCS)C(C)(C)[C@@H](C)C(C)[C@@H]1C[C@@](O)(NC(=O)O1)[C@H](OC)/C=C/C=C(\C)C2. The highest BCUT2D eigenvalue weighted by molar-refractivity contribution is 7.80. The number of hydrogen-bond acceptors (Lipinski definition) is 10. The van der Waals surface area contributed by atoms with Crippen molar-refractivity contribution in [2.45, 2.75) is 97.3 Å². The molecule has 4 bridgehead atoms. The summed E-state index contributed by atoms with van der Waals surface area (Å²) >= 11 is 10.9. The monoisotopic (exact) mass is 751 g/mol. The van der Waals surface area contributed by atoms with Crippen LogP contribution in [0.2, 0.25) is 5.02 Å². The fourth-order valence-electron chi connectivity index (χ4n) is 6.56. The van der Waals surface area contributed by atoms with Crippen LogP contribution in [0.15, 0.2) is 35.9 Å². The smallest absolute Gasteiger partial charge is 0.409 e. The van der Waals surface area contributed by atoms with E-state index in [1.165, 1.54) is 31.1 Å². The highest BCUT2D eigenvalue weighted by atomic mass is 35.5. The number of allylic oxidation sites excluding steroid dienone is 3. The van der Waals surface area contributed by atoms with Crippen molar-refractivity contribution >= 4 is 53.8 Å². The number of aliphatic hydroxyl groups is 1. The highest BCUT2D eigenvalue weighted by Gasteiger charge is 2.50. The van der Waals surface area contributed by atoms with Crippen molar-refractivity contribution in [1.82, 2.24) is 10.2 Å². The van der Waals surface area contributed by atoms with Crippen LogP contribution in [0, 0.1) is 17.3 Å². The zero-order valence-corrected chi connectivity index (χ0v) is 33.0. The first-order valence-electron chi connectivity index (χ1n) is 17.1. The van der Waals surface area contributed by atoms with E-state index in [4.69, 9.17) is 30.5 Å². The molecule has 2 aliphatic rings. The van der Waals surface area contributed by atoms with Gasteiger partial charge in [0, 0.05) is 39.5 Å². The van der Waals surface area contributed by atoms with E-state index in [2.05, 4.69) is 17.9 Å². The average molecular weight is 752 g/mol. The number of carbonyl (C=O) groups is 4. The Bertz CT molecular complexity index is 1520. The van der Waals surface area contributed by atoms with Gasteiger partial charge in [0.1, 0.15) is 35.1 Å². The van der Waals surface area contributed by atoms with Crippen LogP contribution >= 0.6 is 24.2 Å². The van der Waals surface area contributed by atoms with Crippen LogP contribution in [0.3, 0.4) is 0 Å².